The van der Waals surface area contributed by atoms with E-state index in [0.29, 0.717) is 50.6 Å². The lowest BCUT2D eigenvalue weighted by Crippen LogP contribution is -2.46. The first-order chi connectivity index (χ1) is 12.9. The summed E-state index contributed by atoms with van der Waals surface area (Å²) in [4.78, 5) is 42.0. The number of amides is 3. The Morgan fingerprint density at radius 1 is 1.26 bits per heavy atom. The molecule has 1 saturated heterocycles. The molecule has 0 unspecified atom stereocenters. The standard InChI is InChI=1S/C19H28N4O4/c1-4-27-19(26)23-9-6-15(7-10-23)22-17(24)14-5-8-20-16(11-14)18(25)21-12-13(2)3/h5,8,11,13,15H,4,6-7,9-10,12H2,1-3H3,(H,21,25)(H,22,24). The Balaban J connectivity index is 1.88. The van der Waals surface area contributed by atoms with Crippen LogP contribution in [0.1, 0.15) is 54.5 Å². The highest BCUT2D eigenvalue weighted by atomic mass is 16.6. The van der Waals surface area contributed by atoms with Crippen LogP contribution in [0.5, 0.6) is 0 Å². The van der Waals surface area contributed by atoms with Crippen LogP contribution < -0.4 is 10.6 Å². The molecule has 0 aromatic carbocycles. The molecule has 3 amide bonds. The van der Waals surface area contributed by atoms with Crippen LogP contribution in [-0.2, 0) is 4.74 Å². The Bertz CT molecular complexity index is 669. The number of hydrogen-bond donors (Lipinski definition) is 2. The first kappa shape index (κ1) is 20.7. The molecule has 0 radical (unpaired) electrons. The molecule has 148 valence electrons. The molecule has 1 aliphatic heterocycles. The van der Waals surface area contributed by atoms with Gasteiger partial charge in [0.25, 0.3) is 11.8 Å². The zero-order valence-electron chi connectivity index (χ0n) is 16.2. The van der Waals surface area contributed by atoms with E-state index in [1.165, 1.54) is 12.3 Å². The SMILES string of the molecule is CCOC(=O)N1CCC(NC(=O)c2ccnc(C(=O)NCC(C)C)c2)CC1. The van der Waals surface area contributed by atoms with Gasteiger partial charge in [-0.25, -0.2) is 4.79 Å². The fourth-order valence-corrected chi connectivity index (χ4v) is 2.77. The molecule has 2 rings (SSSR count). The van der Waals surface area contributed by atoms with Crippen LogP contribution >= 0.6 is 0 Å². The van der Waals surface area contributed by atoms with Crippen molar-refractivity contribution in [3.8, 4) is 0 Å². The van der Waals surface area contributed by atoms with Crippen molar-refractivity contribution in [3.05, 3.63) is 29.6 Å². The van der Waals surface area contributed by atoms with Crippen molar-refractivity contribution < 1.29 is 19.1 Å². The Morgan fingerprint density at radius 2 is 1.96 bits per heavy atom. The van der Waals surface area contributed by atoms with Gasteiger partial charge in [-0.3, -0.25) is 14.6 Å². The summed E-state index contributed by atoms with van der Waals surface area (Å²) in [5.41, 5.74) is 0.618. The van der Waals surface area contributed by atoms with E-state index in [4.69, 9.17) is 4.74 Å². The number of nitrogens with one attached hydrogen (secondary N) is 2. The number of likely N-dealkylation sites (tertiary alicyclic amines) is 1. The van der Waals surface area contributed by atoms with Gasteiger partial charge < -0.3 is 20.3 Å². The van der Waals surface area contributed by atoms with Gasteiger partial charge in [0.2, 0.25) is 0 Å². The Hall–Kier alpha value is -2.64. The molecule has 0 bridgehead atoms. The van der Waals surface area contributed by atoms with E-state index in [0.717, 1.165) is 0 Å². The van der Waals surface area contributed by atoms with Gasteiger partial charge >= 0.3 is 6.09 Å². The number of aromatic nitrogens is 1. The minimum absolute atomic E-state index is 0.0189. The van der Waals surface area contributed by atoms with Gasteiger partial charge in [0.1, 0.15) is 5.69 Å². The summed E-state index contributed by atoms with van der Waals surface area (Å²) in [5, 5.41) is 5.76. The van der Waals surface area contributed by atoms with E-state index < -0.39 is 0 Å². The molecule has 0 spiro atoms. The number of ether oxygens (including phenoxy) is 1. The van der Waals surface area contributed by atoms with Crippen LogP contribution in [0.15, 0.2) is 18.3 Å². The summed E-state index contributed by atoms with van der Waals surface area (Å²) in [6, 6.07) is 3.07. The molecule has 1 aromatic rings. The molecule has 1 fully saturated rings. The summed E-state index contributed by atoms with van der Waals surface area (Å²) >= 11 is 0. The van der Waals surface area contributed by atoms with E-state index >= 15 is 0 Å². The molecule has 8 nitrogen and oxygen atoms in total. The predicted molar refractivity (Wildman–Crippen MR) is 100 cm³/mol. The number of rotatable bonds is 6. The summed E-state index contributed by atoms with van der Waals surface area (Å²) in [6.07, 6.45) is 2.48. The summed E-state index contributed by atoms with van der Waals surface area (Å²) in [7, 11) is 0. The van der Waals surface area contributed by atoms with Crippen LogP contribution in [0.3, 0.4) is 0 Å². The number of hydrogen-bond acceptors (Lipinski definition) is 5. The molecule has 8 heteroatoms. The van der Waals surface area contributed by atoms with Crippen LogP contribution in [0.25, 0.3) is 0 Å². The highest BCUT2D eigenvalue weighted by Gasteiger charge is 2.25. The van der Waals surface area contributed by atoms with E-state index in [1.807, 2.05) is 13.8 Å². The van der Waals surface area contributed by atoms with Gasteiger partial charge in [-0.1, -0.05) is 13.8 Å². The molecule has 0 saturated carbocycles. The Morgan fingerprint density at radius 3 is 2.59 bits per heavy atom. The minimum Gasteiger partial charge on any atom is -0.450 e. The summed E-state index contributed by atoms with van der Waals surface area (Å²) in [5.74, 6) is -0.202. The normalized spacial score (nSPS) is 14.7. The maximum absolute atomic E-state index is 12.5. The largest absolute Gasteiger partial charge is 0.450 e. The van der Waals surface area contributed by atoms with Gasteiger partial charge in [-0.15, -0.1) is 0 Å². The predicted octanol–water partition coefficient (Wildman–Crippen LogP) is 1.82. The molecule has 1 aromatic heterocycles. The molecule has 0 atom stereocenters. The first-order valence-electron chi connectivity index (χ1n) is 9.37. The van der Waals surface area contributed by atoms with E-state index in [9.17, 15) is 14.4 Å². The van der Waals surface area contributed by atoms with Crippen LogP contribution in [0, 0.1) is 5.92 Å². The van der Waals surface area contributed by atoms with Crippen molar-refractivity contribution >= 4 is 17.9 Å². The molecular formula is C19H28N4O4. The number of piperidine rings is 1. The maximum Gasteiger partial charge on any atom is 0.409 e. The van der Waals surface area contributed by atoms with E-state index in [2.05, 4.69) is 15.6 Å². The highest BCUT2D eigenvalue weighted by Crippen LogP contribution is 2.13. The second-order valence-corrected chi connectivity index (χ2v) is 6.97. The summed E-state index contributed by atoms with van der Waals surface area (Å²) in [6.45, 7) is 7.78. The van der Waals surface area contributed by atoms with Crippen molar-refractivity contribution in [3.63, 3.8) is 0 Å². The lowest BCUT2D eigenvalue weighted by atomic mass is 10.0. The zero-order chi connectivity index (χ0) is 19.8. The molecule has 2 N–H and O–H groups in total. The van der Waals surface area contributed by atoms with Crippen molar-refractivity contribution in [2.45, 2.75) is 39.7 Å². The number of carbonyl (C=O) groups is 3. The highest BCUT2D eigenvalue weighted by molar-refractivity contribution is 5.98. The quantitative estimate of drug-likeness (QED) is 0.789. The minimum atomic E-state index is -0.312. The first-order valence-corrected chi connectivity index (χ1v) is 9.37. The second kappa shape index (κ2) is 9.89. The van der Waals surface area contributed by atoms with Gasteiger partial charge in [0, 0.05) is 37.4 Å². The van der Waals surface area contributed by atoms with E-state index in [1.54, 1.807) is 17.9 Å². The Labute approximate surface area is 159 Å². The van der Waals surface area contributed by atoms with Crippen molar-refractivity contribution in [2.75, 3.05) is 26.2 Å². The van der Waals surface area contributed by atoms with Crippen LogP contribution in [0.4, 0.5) is 4.79 Å². The third kappa shape index (κ3) is 6.23. The topological polar surface area (TPSA) is 101 Å². The lowest BCUT2D eigenvalue weighted by molar-refractivity contribution is 0.0859. The van der Waals surface area contributed by atoms with Crippen LogP contribution in [0.2, 0.25) is 0 Å². The fraction of sp³-hybridized carbons (Fsp3) is 0.579. The van der Waals surface area contributed by atoms with Crippen molar-refractivity contribution in [1.29, 1.82) is 0 Å². The van der Waals surface area contributed by atoms with Crippen molar-refractivity contribution in [1.82, 2.24) is 20.5 Å². The van der Waals surface area contributed by atoms with Gasteiger partial charge in [-0.05, 0) is 37.8 Å². The third-order valence-corrected chi connectivity index (χ3v) is 4.28. The second-order valence-electron chi connectivity index (χ2n) is 6.97. The number of nitrogens with zero attached hydrogens (tertiary/aromatic N) is 2. The molecular weight excluding hydrogens is 348 g/mol. The third-order valence-electron chi connectivity index (χ3n) is 4.28. The van der Waals surface area contributed by atoms with E-state index in [-0.39, 0.29) is 29.6 Å². The molecule has 0 aliphatic carbocycles. The molecule has 2 heterocycles. The molecule has 1 aliphatic rings. The zero-order valence-corrected chi connectivity index (χ0v) is 16.2. The smallest absolute Gasteiger partial charge is 0.409 e. The lowest BCUT2D eigenvalue weighted by Gasteiger charge is -2.31. The Kier molecular flexibility index (Phi) is 7.57. The van der Waals surface area contributed by atoms with Crippen molar-refractivity contribution in [2.24, 2.45) is 5.92 Å². The molecule has 27 heavy (non-hydrogen) atoms. The number of carbonyl (C=O) groups excluding carboxylic acids is 3. The monoisotopic (exact) mass is 376 g/mol. The van der Waals surface area contributed by atoms with Gasteiger partial charge in [0.05, 0.1) is 6.61 Å². The average molecular weight is 376 g/mol. The summed E-state index contributed by atoms with van der Waals surface area (Å²) < 4.78 is 4.99. The average Bonchev–Trinajstić information content (AvgIpc) is 2.67. The fourth-order valence-electron chi connectivity index (χ4n) is 2.77. The number of pyridine rings is 1. The van der Waals surface area contributed by atoms with Gasteiger partial charge in [-0.2, -0.15) is 0 Å². The maximum atomic E-state index is 12.5. The van der Waals surface area contributed by atoms with Gasteiger partial charge in [0.15, 0.2) is 0 Å². The van der Waals surface area contributed by atoms with Crippen LogP contribution in [-0.4, -0.2) is 60.1 Å².